The Morgan fingerprint density at radius 3 is 2.94 bits per heavy atom. The Morgan fingerprint density at radius 2 is 2.35 bits per heavy atom. The molecule has 5 heteroatoms. The number of carbonyl (C=O) groups excluding carboxylic acids is 1. The molecule has 92 valence electrons. The molecule has 1 aromatic carbocycles. The number of rotatable bonds is 3. The molecule has 1 N–H and O–H groups in total. The van der Waals surface area contributed by atoms with Crippen LogP contribution in [-0.4, -0.2) is 35.6 Å². The molecule has 1 aliphatic rings. The lowest BCUT2D eigenvalue weighted by molar-refractivity contribution is -0.132. The normalized spacial score (nSPS) is 19.8. The van der Waals surface area contributed by atoms with Crippen molar-refractivity contribution in [2.75, 3.05) is 13.6 Å². The third-order valence-corrected chi connectivity index (χ3v) is 3.33. The summed E-state index contributed by atoms with van der Waals surface area (Å²) in [5, 5.41) is 9.24. The summed E-state index contributed by atoms with van der Waals surface area (Å²) in [5.41, 5.74) is 0.682. The van der Waals surface area contributed by atoms with E-state index < -0.39 is 6.10 Å². The number of hydrogen-bond acceptors (Lipinski definition) is 3. The zero-order valence-corrected chi connectivity index (χ0v) is 11.1. The van der Waals surface area contributed by atoms with Gasteiger partial charge in [0.2, 0.25) is 0 Å². The van der Waals surface area contributed by atoms with Crippen LogP contribution in [-0.2, 0) is 11.4 Å². The maximum atomic E-state index is 11.7. The topological polar surface area (TPSA) is 49.8 Å². The predicted octanol–water partition coefficient (Wildman–Crippen LogP) is 1.55. The van der Waals surface area contributed by atoms with Crippen molar-refractivity contribution in [3.8, 4) is 5.75 Å². The number of benzene rings is 1. The number of ether oxygens (including phenoxy) is 1. The Balaban J connectivity index is 2.16. The zero-order valence-electron chi connectivity index (χ0n) is 9.52. The first-order chi connectivity index (χ1) is 8.11. The van der Waals surface area contributed by atoms with Gasteiger partial charge in [0, 0.05) is 30.0 Å². The molecule has 4 nitrogen and oxygen atoms in total. The number of aliphatic hydroxyl groups is 1. The SMILES string of the molecule is CN1CCC(Oc2ccc(Br)cc2CO)C1=O. The summed E-state index contributed by atoms with van der Waals surface area (Å²) >= 11 is 3.33. The number of amides is 1. The fourth-order valence-electron chi connectivity index (χ4n) is 1.84. The van der Waals surface area contributed by atoms with E-state index in [1.54, 1.807) is 24.1 Å². The van der Waals surface area contributed by atoms with Crippen LogP contribution in [0, 0.1) is 0 Å². The van der Waals surface area contributed by atoms with Crippen molar-refractivity contribution in [1.29, 1.82) is 0 Å². The second-order valence-corrected chi connectivity index (χ2v) is 4.98. The summed E-state index contributed by atoms with van der Waals surface area (Å²) < 4.78 is 6.54. The summed E-state index contributed by atoms with van der Waals surface area (Å²) in [6.45, 7) is 0.611. The van der Waals surface area contributed by atoms with Crippen LogP contribution >= 0.6 is 15.9 Å². The highest BCUT2D eigenvalue weighted by molar-refractivity contribution is 9.10. The van der Waals surface area contributed by atoms with Crippen molar-refractivity contribution in [2.24, 2.45) is 0 Å². The average Bonchev–Trinajstić information content (AvgIpc) is 2.63. The van der Waals surface area contributed by atoms with Crippen LogP contribution in [0.3, 0.4) is 0 Å². The van der Waals surface area contributed by atoms with Gasteiger partial charge >= 0.3 is 0 Å². The minimum Gasteiger partial charge on any atom is -0.480 e. The molecule has 0 aliphatic carbocycles. The van der Waals surface area contributed by atoms with E-state index >= 15 is 0 Å². The van der Waals surface area contributed by atoms with Crippen molar-refractivity contribution in [3.05, 3.63) is 28.2 Å². The Hall–Kier alpha value is -1.07. The Morgan fingerprint density at radius 1 is 1.59 bits per heavy atom. The monoisotopic (exact) mass is 299 g/mol. The zero-order chi connectivity index (χ0) is 12.4. The highest BCUT2D eigenvalue weighted by atomic mass is 79.9. The molecule has 1 unspecified atom stereocenters. The largest absolute Gasteiger partial charge is 0.480 e. The third-order valence-electron chi connectivity index (χ3n) is 2.84. The highest BCUT2D eigenvalue weighted by Crippen LogP contribution is 2.26. The number of nitrogens with zero attached hydrogens (tertiary/aromatic N) is 1. The highest BCUT2D eigenvalue weighted by Gasteiger charge is 2.31. The van der Waals surface area contributed by atoms with Gasteiger partial charge in [-0.3, -0.25) is 4.79 Å². The number of hydrogen-bond donors (Lipinski definition) is 1. The fourth-order valence-corrected chi connectivity index (χ4v) is 2.25. The van der Waals surface area contributed by atoms with Crippen LogP contribution in [0.5, 0.6) is 5.75 Å². The second-order valence-electron chi connectivity index (χ2n) is 4.07. The van der Waals surface area contributed by atoms with E-state index in [-0.39, 0.29) is 12.5 Å². The molecule has 1 aliphatic heterocycles. The molecule has 1 heterocycles. The number of aliphatic hydroxyl groups excluding tert-OH is 1. The minimum absolute atomic E-state index is 0.00296. The van der Waals surface area contributed by atoms with Gasteiger partial charge < -0.3 is 14.7 Å². The summed E-state index contributed by atoms with van der Waals surface area (Å²) in [4.78, 5) is 13.4. The van der Waals surface area contributed by atoms with Crippen LogP contribution < -0.4 is 4.74 Å². The number of halogens is 1. The molecular weight excluding hydrogens is 286 g/mol. The van der Waals surface area contributed by atoms with Crippen molar-refractivity contribution in [2.45, 2.75) is 19.1 Å². The van der Waals surface area contributed by atoms with Crippen LogP contribution in [0.4, 0.5) is 0 Å². The summed E-state index contributed by atoms with van der Waals surface area (Å²) in [5.74, 6) is 0.571. The summed E-state index contributed by atoms with van der Waals surface area (Å²) in [6.07, 6.45) is 0.266. The molecule has 1 fully saturated rings. The van der Waals surface area contributed by atoms with Gasteiger partial charge in [0.1, 0.15) is 5.75 Å². The third kappa shape index (κ3) is 2.61. The molecule has 1 amide bonds. The van der Waals surface area contributed by atoms with Gasteiger partial charge in [-0.2, -0.15) is 0 Å². The predicted molar refractivity (Wildman–Crippen MR) is 66.7 cm³/mol. The first kappa shape index (κ1) is 12.4. The molecule has 17 heavy (non-hydrogen) atoms. The van der Waals surface area contributed by atoms with Gasteiger partial charge in [-0.05, 0) is 18.2 Å². The molecule has 2 rings (SSSR count). The van der Waals surface area contributed by atoms with Gasteiger partial charge in [0.15, 0.2) is 6.10 Å². The van der Waals surface area contributed by atoms with Gasteiger partial charge in [-0.25, -0.2) is 0 Å². The maximum Gasteiger partial charge on any atom is 0.263 e. The van der Waals surface area contributed by atoms with Crippen LogP contribution in [0.15, 0.2) is 22.7 Å². The molecule has 1 atom stereocenters. The smallest absolute Gasteiger partial charge is 0.263 e. The maximum absolute atomic E-state index is 11.7. The van der Waals surface area contributed by atoms with E-state index in [0.29, 0.717) is 24.3 Å². The van der Waals surface area contributed by atoms with E-state index in [2.05, 4.69) is 15.9 Å². The average molecular weight is 300 g/mol. The van der Waals surface area contributed by atoms with Gasteiger partial charge in [0.25, 0.3) is 5.91 Å². The van der Waals surface area contributed by atoms with Crippen LogP contribution in [0.2, 0.25) is 0 Å². The molecule has 0 spiro atoms. The molecule has 0 aromatic heterocycles. The van der Waals surface area contributed by atoms with E-state index in [1.807, 2.05) is 6.07 Å². The van der Waals surface area contributed by atoms with E-state index in [4.69, 9.17) is 4.74 Å². The van der Waals surface area contributed by atoms with Crippen molar-refractivity contribution in [1.82, 2.24) is 4.90 Å². The van der Waals surface area contributed by atoms with E-state index in [0.717, 1.165) is 4.47 Å². The van der Waals surface area contributed by atoms with Crippen LogP contribution in [0.1, 0.15) is 12.0 Å². The lowest BCUT2D eigenvalue weighted by atomic mass is 10.2. The van der Waals surface area contributed by atoms with Crippen molar-refractivity contribution in [3.63, 3.8) is 0 Å². The minimum atomic E-state index is -0.425. The van der Waals surface area contributed by atoms with Crippen molar-refractivity contribution < 1.29 is 14.6 Å². The molecule has 1 aromatic rings. The Labute approximate surface area is 108 Å². The van der Waals surface area contributed by atoms with Crippen molar-refractivity contribution >= 4 is 21.8 Å². The molecular formula is C12H14BrNO3. The number of carbonyl (C=O) groups is 1. The molecule has 0 saturated carbocycles. The lowest BCUT2D eigenvalue weighted by Gasteiger charge is -2.15. The van der Waals surface area contributed by atoms with E-state index in [9.17, 15) is 9.90 Å². The first-order valence-electron chi connectivity index (χ1n) is 5.42. The number of likely N-dealkylation sites (tertiary alicyclic amines) is 1. The van der Waals surface area contributed by atoms with Crippen LogP contribution in [0.25, 0.3) is 0 Å². The van der Waals surface area contributed by atoms with Gasteiger partial charge in [-0.15, -0.1) is 0 Å². The Kier molecular flexibility index (Phi) is 3.69. The van der Waals surface area contributed by atoms with Gasteiger partial charge in [-0.1, -0.05) is 15.9 Å². The number of likely N-dealkylation sites (N-methyl/N-ethyl adjacent to an activating group) is 1. The first-order valence-corrected chi connectivity index (χ1v) is 6.22. The van der Waals surface area contributed by atoms with E-state index in [1.165, 1.54) is 0 Å². The van der Waals surface area contributed by atoms with Gasteiger partial charge in [0.05, 0.1) is 6.61 Å². The fraction of sp³-hybridized carbons (Fsp3) is 0.417. The molecule has 0 radical (unpaired) electrons. The molecule has 1 saturated heterocycles. The Bertz CT molecular complexity index is 436. The summed E-state index contributed by atoms with van der Waals surface area (Å²) in [7, 11) is 1.76. The second kappa shape index (κ2) is 5.06. The quantitative estimate of drug-likeness (QED) is 0.921. The molecule has 0 bridgehead atoms. The lowest BCUT2D eigenvalue weighted by Crippen LogP contribution is -2.29. The standard InChI is InChI=1S/C12H14BrNO3/c1-14-5-4-11(12(14)16)17-10-3-2-9(13)6-8(10)7-15/h2-3,6,11,15H,4-5,7H2,1H3. The summed E-state index contributed by atoms with van der Waals surface area (Å²) in [6, 6.07) is 5.39.